The van der Waals surface area contributed by atoms with Crippen LogP contribution in [0.4, 0.5) is 30.7 Å². The second-order valence-corrected chi connectivity index (χ2v) is 3.94. The molecule has 0 heterocycles. The van der Waals surface area contributed by atoms with Crippen LogP contribution in [0.25, 0.3) is 0 Å². The van der Waals surface area contributed by atoms with Crippen LogP contribution in [0.3, 0.4) is 0 Å². The molecular formula is C10H5F7O. The number of hydrogen-bond acceptors (Lipinski definition) is 1. The van der Waals surface area contributed by atoms with Gasteiger partial charge in [-0.15, -0.1) is 0 Å². The molecule has 1 aromatic carbocycles. The van der Waals surface area contributed by atoms with Crippen molar-refractivity contribution < 1.29 is 35.8 Å². The van der Waals surface area contributed by atoms with Crippen molar-refractivity contribution in [2.45, 2.75) is 23.4 Å². The van der Waals surface area contributed by atoms with Crippen LogP contribution in [0, 0.1) is 5.82 Å². The summed E-state index contributed by atoms with van der Waals surface area (Å²) in [6.07, 6.45) is 0. The highest BCUT2D eigenvalue weighted by Gasteiger charge is 2.98. The lowest BCUT2D eigenvalue weighted by atomic mass is 9.64. The first-order valence-corrected chi connectivity index (χ1v) is 4.62. The van der Waals surface area contributed by atoms with Crippen LogP contribution >= 0.6 is 0 Å². The van der Waals surface area contributed by atoms with Crippen molar-refractivity contribution in [3.63, 3.8) is 0 Å². The lowest BCUT2D eigenvalue weighted by molar-refractivity contribution is -0.497. The molecule has 8 heteroatoms. The molecule has 1 nitrogen and oxygen atoms in total. The zero-order valence-corrected chi connectivity index (χ0v) is 8.40. The summed E-state index contributed by atoms with van der Waals surface area (Å²) in [6, 6.07) is 1.84. The minimum Gasteiger partial charge on any atom is -0.374 e. The Bertz CT molecular complexity index is 462. The van der Waals surface area contributed by atoms with Crippen molar-refractivity contribution in [3.05, 3.63) is 35.6 Å². The first-order valence-electron chi connectivity index (χ1n) is 4.62. The molecule has 100 valence electrons. The molecule has 1 aliphatic rings. The smallest absolute Gasteiger partial charge is 0.374 e. The molecule has 0 atom stereocenters. The van der Waals surface area contributed by atoms with Crippen molar-refractivity contribution in [1.29, 1.82) is 0 Å². The second kappa shape index (κ2) is 3.17. The van der Waals surface area contributed by atoms with Crippen molar-refractivity contribution in [2.24, 2.45) is 0 Å². The highest BCUT2D eigenvalue weighted by atomic mass is 19.4. The monoisotopic (exact) mass is 274 g/mol. The van der Waals surface area contributed by atoms with Crippen molar-refractivity contribution >= 4 is 0 Å². The first-order chi connectivity index (χ1) is 8.00. The summed E-state index contributed by atoms with van der Waals surface area (Å²) < 4.78 is 90.1. The van der Waals surface area contributed by atoms with Gasteiger partial charge < -0.3 is 5.11 Å². The van der Waals surface area contributed by atoms with Gasteiger partial charge in [0.2, 0.25) is 5.60 Å². The van der Waals surface area contributed by atoms with E-state index in [1.165, 1.54) is 0 Å². The molecule has 1 aromatic rings. The molecule has 0 saturated heterocycles. The predicted molar refractivity (Wildman–Crippen MR) is 45.1 cm³/mol. The maximum atomic E-state index is 13.1. The summed E-state index contributed by atoms with van der Waals surface area (Å²) in [6.45, 7) is 0. The Morgan fingerprint density at radius 2 is 1.11 bits per heavy atom. The molecule has 0 aliphatic heterocycles. The van der Waals surface area contributed by atoms with Gasteiger partial charge in [-0.3, -0.25) is 0 Å². The average molecular weight is 274 g/mol. The number of aliphatic hydroxyl groups is 1. The minimum atomic E-state index is -5.66. The number of hydrogen-bond donors (Lipinski definition) is 1. The van der Waals surface area contributed by atoms with E-state index in [1.54, 1.807) is 0 Å². The molecule has 1 aliphatic carbocycles. The van der Waals surface area contributed by atoms with E-state index in [0.717, 1.165) is 0 Å². The van der Waals surface area contributed by atoms with Gasteiger partial charge in [-0.1, -0.05) is 12.1 Å². The Hall–Kier alpha value is -1.31. The standard InChI is InChI=1S/C10H5F7O/c11-6-3-1-5(2-4-6)7(18)8(12,13)10(16,17)9(7,14)15/h1-4,18H. The van der Waals surface area contributed by atoms with E-state index in [9.17, 15) is 35.8 Å². The number of benzene rings is 1. The lowest BCUT2D eigenvalue weighted by Gasteiger charge is -2.55. The van der Waals surface area contributed by atoms with Crippen LogP contribution in [0.1, 0.15) is 5.56 Å². The molecule has 1 fully saturated rings. The summed E-state index contributed by atoms with van der Waals surface area (Å²) >= 11 is 0. The maximum Gasteiger partial charge on any atom is 0.379 e. The minimum absolute atomic E-state index is 0.409. The number of halogens is 7. The molecule has 0 bridgehead atoms. The third-order valence-electron chi connectivity index (χ3n) is 2.96. The molecule has 0 aromatic heterocycles. The normalized spacial score (nSPS) is 26.4. The van der Waals surface area contributed by atoms with E-state index >= 15 is 0 Å². The zero-order valence-electron chi connectivity index (χ0n) is 8.40. The van der Waals surface area contributed by atoms with Crippen molar-refractivity contribution in [3.8, 4) is 0 Å². The summed E-state index contributed by atoms with van der Waals surface area (Å²) in [5.41, 5.74) is -5.53. The van der Waals surface area contributed by atoms with E-state index in [0.29, 0.717) is 24.3 Å². The molecule has 0 spiro atoms. The van der Waals surface area contributed by atoms with Crippen LogP contribution in [0.15, 0.2) is 24.3 Å². The van der Waals surface area contributed by atoms with Crippen molar-refractivity contribution in [1.82, 2.24) is 0 Å². The topological polar surface area (TPSA) is 20.2 Å². The maximum absolute atomic E-state index is 13.1. The molecule has 0 amide bonds. The second-order valence-electron chi connectivity index (χ2n) is 3.94. The van der Waals surface area contributed by atoms with Gasteiger partial charge in [0.1, 0.15) is 5.82 Å². The largest absolute Gasteiger partial charge is 0.379 e. The fraction of sp³-hybridized carbons (Fsp3) is 0.400. The first kappa shape index (κ1) is 13.1. The molecule has 2 rings (SSSR count). The van der Waals surface area contributed by atoms with Crippen LogP contribution in [-0.4, -0.2) is 22.9 Å². The molecule has 0 radical (unpaired) electrons. The van der Waals surface area contributed by atoms with Crippen molar-refractivity contribution in [2.75, 3.05) is 0 Å². The van der Waals surface area contributed by atoms with Gasteiger partial charge in [-0.2, -0.15) is 26.3 Å². The highest BCUT2D eigenvalue weighted by molar-refractivity contribution is 5.39. The molecule has 18 heavy (non-hydrogen) atoms. The summed E-state index contributed by atoms with van der Waals surface area (Å²) in [5, 5.41) is 9.26. The predicted octanol–water partition coefficient (Wildman–Crippen LogP) is 2.93. The Balaban J connectivity index is 2.58. The van der Waals surface area contributed by atoms with Crippen LogP contribution < -0.4 is 0 Å². The quantitative estimate of drug-likeness (QED) is 0.781. The summed E-state index contributed by atoms with van der Waals surface area (Å²) in [7, 11) is 0. The highest BCUT2D eigenvalue weighted by Crippen LogP contribution is 2.70. The van der Waals surface area contributed by atoms with Crippen LogP contribution in [-0.2, 0) is 5.60 Å². The van der Waals surface area contributed by atoms with E-state index in [2.05, 4.69) is 0 Å². The van der Waals surface area contributed by atoms with Gasteiger partial charge in [0.15, 0.2) is 0 Å². The Morgan fingerprint density at radius 3 is 1.50 bits per heavy atom. The lowest BCUT2D eigenvalue weighted by Crippen LogP contribution is -2.84. The van der Waals surface area contributed by atoms with Crippen LogP contribution in [0.2, 0.25) is 0 Å². The van der Waals surface area contributed by atoms with E-state index < -0.39 is 34.7 Å². The summed E-state index contributed by atoms with van der Waals surface area (Å²) in [4.78, 5) is 0. The van der Waals surface area contributed by atoms with Gasteiger partial charge in [-0.05, 0) is 17.7 Å². The fourth-order valence-corrected chi connectivity index (χ4v) is 1.84. The summed E-state index contributed by atoms with van der Waals surface area (Å²) in [5.74, 6) is -17.3. The van der Waals surface area contributed by atoms with E-state index in [4.69, 9.17) is 0 Å². The fourth-order valence-electron chi connectivity index (χ4n) is 1.84. The average Bonchev–Trinajstić information content (AvgIpc) is 2.27. The number of alkyl halides is 6. The Morgan fingerprint density at radius 1 is 0.722 bits per heavy atom. The van der Waals surface area contributed by atoms with Gasteiger partial charge in [0.05, 0.1) is 0 Å². The SMILES string of the molecule is OC1(c2ccc(F)cc2)C(F)(F)C(F)(F)C1(F)F. The van der Waals surface area contributed by atoms with E-state index in [1.807, 2.05) is 0 Å². The molecule has 0 unspecified atom stereocenters. The van der Waals surface area contributed by atoms with Gasteiger partial charge in [0, 0.05) is 0 Å². The molecular weight excluding hydrogens is 269 g/mol. The zero-order chi connectivity index (χ0) is 14.0. The van der Waals surface area contributed by atoms with Gasteiger partial charge in [0.25, 0.3) is 0 Å². The third-order valence-corrected chi connectivity index (χ3v) is 2.96. The Labute approximate surface area is 95.8 Å². The van der Waals surface area contributed by atoms with Gasteiger partial charge >= 0.3 is 17.8 Å². The van der Waals surface area contributed by atoms with E-state index in [-0.39, 0.29) is 0 Å². The Kier molecular flexibility index (Phi) is 2.31. The van der Waals surface area contributed by atoms with Gasteiger partial charge in [-0.25, -0.2) is 4.39 Å². The third kappa shape index (κ3) is 1.07. The van der Waals surface area contributed by atoms with Crippen LogP contribution in [0.5, 0.6) is 0 Å². The number of rotatable bonds is 1. The molecule has 1 N–H and O–H groups in total. The molecule has 1 saturated carbocycles.